The second-order valence-electron chi connectivity index (χ2n) is 4.38. The molecule has 0 saturated carbocycles. The third kappa shape index (κ3) is 2.66. The normalized spacial score (nSPS) is 10.5. The molecule has 0 radical (unpaired) electrons. The number of carboxylic acid groups (broad SMARTS) is 1. The molecular weight excluding hydrogens is 290 g/mol. The average Bonchev–Trinajstić information content (AvgIpc) is 2.51. The maximum Gasteiger partial charge on any atom is 0.335 e. The smallest absolute Gasteiger partial charge is 0.335 e. The second kappa shape index (κ2) is 5.42. The van der Waals surface area contributed by atoms with E-state index in [2.05, 4.69) is 4.98 Å². The summed E-state index contributed by atoms with van der Waals surface area (Å²) in [4.78, 5) is 15.0. The van der Waals surface area contributed by atoms with Gasteiger partial charge in [0.15, 0.2) is 0 Å². The second-order valence-corrected chi connectivity index (χ2v) is 4.79. The summed E-state index contributed by atoms with van der Waals surface area (Å²) in [6, 6.07) is 13.8. The summed E-state index contributed by atoms with van der Waals surface area (Å²) in [6.45, 7) is 0. The van der Waals surface area contributed by atoms with Crippen LogP contribution in [0.15, 0.2) is 54.7 Å². The lowest BCUT2D eigenvalue weighted by Crippen LogP contribution is -1.97. The van der Waals surface area contributed by atoms with Crippen LogP contribution in [-0.4, -0.2) is 16.1 Å². The van der Waals surface area contributed by atoms with E-state index in [-0.39, 0.29) is 11.4 Å². The van der Waals surface area contributed by atoms with Crippen molar-refractivity contribution >= 4 is 28.3 Å². The van der Waals surface area contributed by atoms with Gasteiger partial charge >= 0.3 is 5.97 Å². The molecule has 2 aromatic carbocycles. The maximum atomic E-state index is 11.0. The van der Waals surface area contributed by atoms with Gasteiger partial charge in [0.05, 0.1) is 5.56 Å². The minimum atomic E-state index is -1.02. The van der Waals surface area contributed by atoms with Gasteiger partial charge in [-0.3, -0.25) is 0 Å². The first-order chi connectivity index (χ1) is 10.1. The van der Waals surface area contributed by atoms with E-state index in [1.807, 2.05) is 24.3 Å². The van der Waals surface area contributed by atoms with E-state index in [4.69, 9.17) is 21.4 Å². The Morgan fingerprint density at radius 1 is 1.10 bits per heavy atom. The number of aromatic carboxylic acids is 1. The molecule has 4 nitrogen and oxygen atoms in total. The van der Waals surface area contributed by atoms with Gasteiger partial charge in [-0.2, -0.15) is 0 Å². The topological polar surface area (TPSA) is 59.4 Å². The molecule has 104 valence electrons. The number of hydrogen-bond donors (Lipinski definition) is 1. The van der Waals surface area contributed by atoms with Crippen LogP contribution in [0.25, 0.3) is 10.8 Å². The molecule has 0 aliphatic heterocycles. The molecule has 3 rings (SSSR count). The first-order valence-corrected chi connectivity index (χ1v) is 6.57. The van der Waals surface area contributed by atoms with Crippen LogP contribution in [0.3, 0.4) is 0 Å². The van der Waals surface area contributed by atoms with Gasteiger partial charge in [0.25, 0.3) is 0 Å². The Morgan fingerprint density at radius 3 is 2.62 bits per heavy atom. The lowest BCUT2D eigenvalue weighted by molar-refractivity contribution is 0.0696. The molecule has 0 fully saturated rings. The van der Waals surface area contributed by atoms with Crippen LogP contribution in [0.1, 0.15) is 10.4 Å². The van der Waals surface area contributed by atoms with E-state index in [0.717, 1.165) is 10.8 Å². The monoisotopic (exact) mass is 299 g/mol. The van der Waals surface area contributed by atoms with Crippen LogP contribution < -0.4 is 4.74 Å². The number of halogens is 1. The van der Waals surface area contributed by atoms with Gasteiger partial charge in [0.1, 0.15) is 5.75 Å². The van der Waals surface area contributed by atoms with Crippen molar-refractivity contribution in [2.45, 2.75) is 0 Å². The highest BCUT2D eigenvalue weighted by Crippen LogP contribution is 2.33. The van der Waals surface area contributed by atoms with Gasteiger partial charge in [0, 0.05) is 28.1 Å². The maximum absolute atomic E-state index is 11.0. The van der Waals surface area contributed by atoms with Crippen molar-refractivity contribution in [2.75, 3.05) is 0 Å². The van der Waals surface area contributed by atoms with Crippen molar-refractivity contribution < 1.29 is 14.6 Å². The number of carbonyl (C=O) groups is 1. The molecular formula is C16H10ClNO3. The Labute approximate surface area is 125 Å². The SMILES string of the molecule is O=C(O)c1ccnc(Oc2ccc(Cl)c3ccccc23)c1. The molecule has 1 aromatic heterocycles. The Morgan fingerprint density at radius 2 is 1.86 bits per heavy atom. The summed E-state index contributed by atoms with van der Waals surface area (Å²) >= 11 is 6.15. The fraction of sp³-hybridized carbons (Fsp3) is 0. The number of carboxylic acids is 1. The van der Waals surface area contributed by atoms with Crippen LogP contribution in [0.5, 0.6) is 11.6 Å². The van der Waals surface area contributed by atoms with Crippen LogP contribution in [-0.2, 0) is 0 Å². The predicted molar refractivity (Wildman–Crippen MR) is 80.2 cm³/mol. The summed E-state index contributed by atoms with van der Waals surface area (Å²) in [5.74, 6) is -0.226. The molecule has 0 amide bonds. The number of aromatic nitrogens is 1. The molecule has 0 aliphatic carbocycles. The molecule has 1 N–H and O–H groups in total. The summed E-state index contributed by atoms with van der Waals surface area (Å²) in [6.07, 6.45) is 1.40. The lowest BCUT2D eigenvalue weighted by Gasteiger charge is -2.09. The van der Waals surface area contributed by atoms with Gasteiger partial charge < -0.3 is 9.84 Å². The molecule has 5 heteroatoms. The molecule has 0 unspecified atom stereocenters. The molecule has 0 saturated heterocycles. The summed E-state index contributed by atoms with van der Waals surface area (Å²) < 4.78 is 5.70. The van der Waals surface area contributed by atoms with Crippen LogP contribution in [0.4, 0.5) is 0 Å². The zero-order valence-electron chi connectivity index (χ0n) is 10.8. The Kier molecular flexibility index (Phi) is 3.46. The molecule has 0 atom stereocenters. The van der Waals surface area contributed by atoms with E-state index >= 15 is 0 Å². The van der Waals surface area contributed by atoms with E-state index in [0.29, 0.717) is 10.8 Å². The number of benzene rings is 2. The zero-order valence-corrected chi connectivity index (χ0v) is 11.5. The summed E-state index contributed by atoms with van der Waals surface area (Å²) in [5, 5.41) is 11.3. The van der Waals surface area contributed by atoms with Gasteiger partial charge in [-0.25, -0.2) is 9.78 Å². The highest BCUT2D eigenvalue weighted by molar-refractivity contribution is 6.35. The Balaban J connectivity index is 2.04. The van der Waals surface area contributed by atoms with Crippen LogP contribution in [0.2, 0.25) is 5.02 Å². The third-order valence-corrected chi connectivity index (χ3v) is 3.36. The zero-order chi connectivity index (χ0) is 14.8. The number of nitrogens with zero attached hydrogens (tertiary/aromatic N) is 1. The third-order valence-electron chi connectivity index (χ3n) is 3.03. The first kappa shape index (κ1) is 13.4. The Bertz CT molecular complexity index is 833. The number of rotatable bonds is 3. The number of hydrogen-bond acceptors (Lipinski definition) is 3. The minimum absolute atomic E-state index is 0.123. The van der Waals surface area contributed by atoms with Gasteiger partial charge in [-0.15, -0.1) is 0 Å². The number of ether oxygens (including phenoxy) is 1. The molecule has 0 aliphatic rings. The average molecular weight is 300 g/mol. The minimum Gasteiger partial charge on any atom is -0.478 e. The van der Waals surface area contributed by atoms with E-state index in [9.17, 15) is 4.79 Å². The Hall–Kier alpha value is -2.59. The summed E-state index contributed by atoms with van der Waals surface area (Å²) in [7, 11) is 0. The molecule has 1 heterocycles. The molecule has 0 bridgehead atoms. The predicted octanol–water partition coefficient (Wildman–Crippen LogP) is 4.38. The molecule has 0 spiro atoms. The summed E-state index contributed by atoms with van der Waals surface area (Å²) in [5.41, 5.74) is 0.123. The van der Waals surface area contributed by atoms with E-state index in [1.54, 1.807) is 12.1 Å². The number of fused-ring (bicyclic) bond motifs is 1. The van der Waals surface area contributed by atoms with Crippen molar-refractivity contribution in [3.63, 3.8) is 0 Å². The van der Waals surface area contributed by atoms with Crippen molar-refractivity contribution in [3.8, 4) is 11.6 Å². The number of pyridine rings is 1. The van der Waals surface area contributed by atoms with Crippen molar-refractivity contribution in [2.24, 2.45) is 0 Å². The van der Waals surface area contributed by atoms with Crippen LogP contribution in [0, 0.1) is 0 Å². The standard InChI is InChI=1S/C16H10ClNO3/c17-13-5-6-14(12-4-2-1-3-11(12)13)21-15-9-10(16(19)20)7-8-18-15/h1-9H,(H,19,20). The van der Waals surface area contributed by atoms with E-state index in [1.165, 1.54) is 18.3 Å². The van der Waals surface area contributed by atoms with Gasteiger partial charge in [-0.05, 0) is 18.2 Å². The quantitative estimate of drug-likeness (QED) is 0.779. The van der Waals surface area contributed by atoms with E-state index < -0.39 is 5.97 Å². The fourth-order valence-corrected chi connectivity index (χ4v) is 2.26. The largest absolute Gasteiger partial charge is 0.478 e. The van der Waals surface area contributed by atoms with Crippen LogP contribution >= 0.6 is 11.6 Å². The molecule has 21 heavy (non-hydrogen) atoms. The van der Waals surface area contributed by atoms with Crippen molar-refractivity contribution in [1.29, 1.82) is 0 Å². The highest BCUT2D eigenvalue weighted by Gasteiger charge is 2.09. The van der Waals surface area contributed by atoms with Crippen molar-refractivity contribution in [3.05, 3.63) is 65.3 Å². The molecule has 3 aromatic rings. The van der Waals surface area contributed by atoms with Crippen molar-refractivity contribution in [1.82, 2.24) is 4.98 Å². The highest BCUT2D eigenvalue weighted by atomic mass is 35.5. The van der Waals surface area contributed by atoms with Gasteiger partial charge in [0.2, 0.25) is 5.88 Å². The van der Waals surface area contributed by atoms with Gasteiger partial charge in [-0.1, -0.05) is 35.9 Å². The fourth-order valence-electron chi connectivity index (χ4n) is 2.03. The first-order valence-electron chi connectivity index (χ1n) is 6.19. The lowest BCUT2D eigenvalue weighted by atomic mass is 10.1.